The van der Waals surface area contributed by atoms with Gasteiger partial charge in [0.1, 0.15) is 5.69 Å². The van der Waals surface area contributed by atoms with Crippen LogP contribution in [0, 0.1) is 0 Å². The fourth-order valence-electron chi connectivity index (χ4n) is 1.98. The molecule has 0 aliphatic carbocycles. The fraction of sp³-hybridized carbons (Fsp3) is 0.500. The van der Waals surface area contributed by atoms with Crippen LogP contribution in [0.2, 0.25) is 0 Å². The number of nitrogens with zero attached hydrogens (tertiary/aromatic N) is 4. The van der Waals surface area contributed by atoms with Crippen LogP contribution in [-0.2, 0) is 26.3 Å². The van der Waals surface area contributed by atoms with E-state index < -0.39 is 11.9 Å². The number of halogens is 3. The second kappa shape index (κ2) is 5.56. The van der Waals surface area contributed by atoms with Crippen LogP contribution < -0.4 is 5.32 Å². The fourth-order valence-corrected chi connectivity index (χ4v) is 1.98. The van der Waals surface area contributed by atoms with Crippen molar-refractivity contribution >= 4 is 5.69 Å². The molecule has 0 fully saturated rings. The highest BCUT2D eigenvalue weighted by Gasteiger charge is 2.37. The highest BCUT2D eigenvalue weighted by molar-refractivity contribution is 5.39. The van der Waals surface area contributed by atoms with E-state index in [1.807, 2.05) is 6.92 Å². The first-order valence-electron chi connectivity index (χ1n) is 6.26. The third-order valence-electron chi connectivity index (χ3n) is 2.85. The normalized spacial score (nSPS) is 11.8. The van der Waals surface area contributed by atoms with Crippen LogP contribution in [0.3, 0.4) is 0 Å². The molecule has 0 aromatic carbocycles. The predicted octanol–water partition coefficient (Wildman–Crippen LogP) is 2.66. The molecule has 0 saturated carbocycles. The summed E-state index contributed by atoms with van der Waals surface area (Å²) in [6, 6.07) is 0. The first-order chi connectivity index (χ1) is 9.41. The van der Waals surface area contributed by atoms with Crippen LogP contribution in [-0.4, -0.2) is 19.6 Å². The van der Waals surface area contributed by atoms with Gasteiger partial charge in [-0.05, 0) is 6.42 Å². The van der Waals surface area contributed by atoms with Crippen molar-refractivity contribution in [3.05, 3.63) is 29.8 Å². The summed E-state index contributed by atoms with van der Waals surface area (Å²) >= 11 is 0. The zero-order valence-electron chi connectivity index (χ0n) is 11.3. The number of nitrogens with one attached hydrogen (secondary N) is 1. The predicted molar refractivity (Wildman–Crippen MR) is 68.1 cm³/mol. The Morgan fingerprint density at radius 1 is 1.25 bits per heavy atom. The van der Waals surface area contributed by atoms with Crippen LogP contribution in [0.4, 0.5) is 18.9 Å². The molecule has 0 unspecified atom stereocenters. The van der Waals surface area contributed by atoms with Gasteiger partial charge in [-0.25, -0.2) is 0 Å². The minimum atomic E-state index is -4.41. The van der Waals surface area contributed by atoms with Gasteiger partial charge in [-0.2, -0.15) is 23.4 Å². The van der Waals surface area contributed by atoms with Crippen LogP contribution in [0.5, 0.6) is 0 Å². The lowest BCUT2D eigenvalue weighted by Gasteiger charge is -2.10. The molecule has 0 aliphatic heterocycles. The highest BCUT2D eigenvalue weighted by Crippen LogP contribution is 2.31. The SMILES string of the molecule is CCCn1cc(NCc2cnn(C)c2C(F)(F)F)cn1. The zero-order valence-corrected chi connectivity index (χ0v) is 11.3. The third-order valence-corrected chi connectivity index (χ3v) is 2.85. The Morgan fingerprint density at radius 2 is 2.00 bits per heavy atom. The topological polar surface area (TPSA) is 47.7 Å². The standard InChI is InChI=1S/C12H16F3N5/c1-3-4-20-8-10(7-18-20)16-5-9-6-17-19(2)11(9)12(13,14)15/h6-8,16H,3-5H2,1-2H3. The molecule has 0 spiro atoms. The Bertz CT molecular complexity index is 570. The van der Waals surface area contributed by atoms with Gasteiger partial charge in [-0.3, -0.25) is 9.36 Å². The molecule has 0 atom stereocenters. The number of hydrogen-bond acceptors (Lipinski definition) is 3. The van der Waals surface area contributed by atoms with E-state index in [0.717, 1.165) is 17.6 Å². The van der Waals surface area contributed by atoms with Gasteiger partial charge in [0.2, 0.25) is 0 Å². The zero-order chi connectivity index (χ0) is 14.8. The smallest absolute Gasteiger partial charge is 0.378 e. The molecule has 2 heterocycles. The minimum Gasteiger partial charge on any atom is -0.378 e. The number of rotatable bonds is 5. The summed E-state index contributed by atoms with van der Waals surface area (Å²) in [5.41, 5.74) is 0.0737. The molecule has 2 rings (SSSR count). The molecular weight excluding hydrogens is 271 g/mol. The summed E-state index contributed by atoms with van der Waals surface area (Å²) < 4.78 is 41.2. The molecule has 5 nitrogen and oxygen atoms in total. The summed E-state index contributed by atoms with van der Waals surface area (Å²) in [4.78, 5) is 0. The number of aromatic nitrogens is 4. The molecule has 110 valence electrons. The summed E-state index contributed by atoms with van der Waals surface area (Å²) in [7, 11) is 1.28. The maximum atomic E-state index is 12.9. The monoisotopic (exact) mass is 287 g/mol. The lowest BCUT2D eigenvalue weighted by atomic mass is 10.2. The molecule has 0 amide bonds. The lowest BCUT2D eigenvalue weighted by molar-refractivity contribution is -0.144. The Kier molecular flexibility index (Phi) is 4.01. The number of alkyl halides is 3. The largest absolute Gasteiger partial charge is 0.433 e. The Labute approximate surface area is 114 Å². The van der Waals surface area contributed by atoms with Gasteiger partial charge in [0.25, 0.3) is 0 Å². The Balaban J connectivity index is 2.07. The van der Waals surface area contributed by atoms with E-state index in [4.69, 9.17) is 0 Å². The number of aryl methyl sites for hydroxylation is 2. The maximum Gasteiger partial charge on any atom is 0.433 e. The van der Waals surface area contributed by atoms with Gasteiger partial charge in [0, 0.05) is 31.9 Å². The maximum absolute atomic E-state index is 12.9. The van der Waals surface area contributed by atoms with Crippen LogP contribution in [0.15, 0.2) is 18.6 Å². The summed E-state index contributed by atoms with van der Waals surface area (Å²) in [5.74, 6) is 0. The van der Waals surface area contributed by atoms with Crippen molar-refractivity contribution in [2.45, 2.75) is 32.6 Å². The molecule has 0 radical (unpaired) electrons. The van der Waals surface area contributed by atoms with Crippen LogP contribution in [0.1, 0.15) is 24.6 Å². The van der Waals surface area contributed by atoms with E-state index in [1.54, 1.807) is 17.1 Å². The average molecular weight is 287 g/mol. The van der Waals surface area contributed by atoms with Crippen molar-refractivity contribution in [1.29, 1.82) is 0 Å². The highest BCUT2D eigenvalue weighted by atomic mass is 19.4. The van der Waals surface area contributed by atoms with Gasteiger partial charge in [0.05, 0.1) is 18.1 Å². The lowest BCUT2D eigenvalue weighted by Crippen LogP contribution is -2.15. The van der Waals surface area contributed by atoms with Gasteiger partial charge >= 0.3 is 6.18 Å². The molecule has 8 heteroatoms. The number of anilines is 1. The van der Waals surface area contributed by atoms with E-state index in [-0.39, 0.29) is 12.1 Å². The second-order valence-corrected chi connectivity index (χ2v) is 4.49. The third kappa shape index (κ3) is 3.12. The van der Waals surface area contributed by atoms with E-state index in [1.165, 1.54) is 13.2 Å². The van der Waals surface area contributed by atoms with Gasteiger partial charge in [-0.15, -0.1) is 0 Å². The minimum absolute atomic E-state index is 0.0561. The molecule has 20 heavy (non-hydrogen) atoms. The van der Waals surface area contributed by atoms with Crippen molar-refractivity contribution in [1.82, 2.24) is 19.6 Å². The van der Waals surface area contributed by atoms with Crippen molar-refractivity contribution in [3.63, 3.8) is 0 Å². The van der Waals surface area contributed by atoms with E-state index in [0.29, 0.717) is 5.69 Å². The molecular formula is C12H16F3N5. The summed E-state index contributed by atoms with van der Waals surface area (Å²) in [6.45, 7) is 2.86. The Hall–Kier alpha value is -1.99. The second-order valence-electron chi connectivity index (χ2n) is 4.49. The molecule has 1 N–H and O–H groups in total. The van der Waals surface area contributed by atoms with E-state index >= 15 is 0 Å². The summed E-state index contributed by atoms with van der Waals surface area (Å²) in [6.07, 6.45) is 1.13. The van der Waals surface area contributed by atoms with Crippen molar-refractivity contribution in [2.24, 2.45) is 7.05 Å². The Morgan fingerprint density at radius 3 is 2.65 bits per heavy atom. The number of hydrogen-bond donors (Lipinski definition) is 1. The van der Waals surface area contributed by atoms with Crippen LogP contribution in [0.25, 0.3) is 0 Å². The van der Waals surface area contributed by atoms with E-state index in [9.17, 15) is 13.2 Å². The summed E-state index contributed by atoms with van der Waals surface area (Å²) in [5, 5.41) is 10.7. The van der Waals surface area contributed by atoms with Crippen LogP contribution >= 0.6 is 0 Å². The van der Waals surface area contributed by atoms with Crippen molar-refractivity contribution in [3.8, 4) is 0 Å². The van der Waals surface area contributed by atoms with E-state index in [2.05, 4.69) is 15.5 Å². The van der Waals surface area contributed by atoms with Gasteiger partial charge in [-0.1, -0.05) is 6.92 Å². The van der Waals surface area contributed by atoms with Gasteiger partial charge in [0.15, 0.2) is 0 Å². The quantitative estimate of drug-likeness (QED) is 0.919. The molecule has 2 aromatic rings. The molecule has 0 aliphatic rings. The van der Waals surface area contributed by atoms with Crippen molar-refractivity contribution in [2.75, 3.05) is 5.32 Å². The molecule has 0 bridgehead atoms. The van der Waals surface area contributed by atoms with Crippen molar-refractivity contribution < 1.29 is 13.2 Å². The first-order valence-corrected chi connectivity index (χ1v) is 6.26. The molecule has 0 saturated heterocycles. The molecule has 2 aromatic heterocycles. The van der Waals surface area contributed by atoms with Gasteiger partial charge < -0.3 is 5.32 Å². The average Bonchev–Trinajstić information content (AvgIpc) is 2.93. The first kappa shape index (κ1) is 14.4.